The number of aromatic nitrogens is 3. The van der Waals surface area contributed by atoms with Crippen molar-refractivity contribution in [3.63, 3.8) is 0 Å². The van der Waals surface area contributed by atoms with Crippen molar-refractivity contribution in [2.24, 2.45) is 0 Å². The lowest BCUT2D eigenvalue weighted by Gasteiger charge is -2.35. The van der Waals surface area contributed by atoms with E-state index in [4.69, 9.17) is 25.8 Å². The molecule has 0 saturated carbocycles. The van der Waals surface area contributed by atoms with Gasteiger partial charge in [-0.05, 0) is 73.6 Å². The predicted molar refractivity (Wildman–Crippen MR) is 168 cm³/mol. The number of nitrogens with zero attached hydrogens (tertiary/aromatic N) is 5. The summed E-state index contributed by atoms with van der Waals surface area (Å²) >= 11 is 7.87. The fourth-order valence-corrected chi connectivity index (χ4v) is 6.06. The molecule has 3 heterocycles. The van der Waals surface area contributed by atoms with Crippen LogP contribution in [0.5, 0.6) is 5.75 Å². The first-order valence-corrected chi connectivity index (χ1v) is 15.3. The van der Waals surface area contributed by atoms with Gasteiger partial charge >= 0.3 is 6.09 Å². The second-order valence-electron chi connectivity index (χ2n) is 12.1. The minimum absolute atomic E-state index is 0.0244. The summed E-state index contributed by atoms with van der Waals surface area (Å²) in [7, 11) is 0. The number of hydrogen-bond donors (Lipinski definition) is 0. The molecule has 0 radical (unpaired) electrons. The molecule has 1 saturated heterocycles. The highest BCUT2D eigenvalue weighted by Crippen LogP contribution is 2.38. The van der Waals surface area contributed by atoms with E-state index in [0.717, 1.165) is 11.4 Å². The lowest BCUT2D eigenvalue weighted by molar-refractivity contribution is -0.0760. The Hall–Kier alpha value is -3.28. The summed E-state index contributed by atoms with van der Waals surface area (Å²) < 4.78 is 32.8. The van der Waals surface area contributed by atoms with Crippen LogP contribution < -0.4 is 9.64 Å². The summed E-state index contributed by atoms with van der Waals surface area (Å²) in [4.78, 5) is 21.2. The number of ether oxygens (including phenoxy) is 3. The summed E-state index contributed by atoms with van der Waals surface area (Å²) in [5.74, 6) is 0.168. The largest absolute Gasteiger partial charge is 0.488 e. The number of carbonyl (C=O) groups excluding carboxylic acids is 1. The highest BCUT2D eigenvalue weighted by Gasteiger charge is 2.50. The Labute approximate surface area is 261 Å². The van der Waals surface area contributed by atoms with Crippen LogP contribution in [-0.2, 0) is 9.47 Å². The Morgan fingerprint density at radius 3 is 2.58 bits per heavy atom. The standard InChI is InChI=1S/C31H39ClFN5O4S/c1-10-13-37(18(2)3)26-12-11-20(16-34-26)27-35-36-28(43-27)21-14-23(33)25(15-22(21)32)40-17-24-19(4)41-31(8,9)38(24)29(39)42-30(5,6)7/h10-12,14-16,18-19,24H,1,13,17H2,2-9H3/t19-,24+/m1/s1. The van der Waals surface area contributed by atoms with Crippen molar-refractivity contribution in [1.29, 1.82) is 0 Å². The lowest BCUT2D eigenvalue weighted by atomic mass is 10.1. The van der Waals surface area contributed by atoms with Crippen molar-refractivity contribution in [1.82, 2.24) is 20.1 Å². The molecule has 43 heavy (non-hydrogen) atoms. The molecule has 1 amide bonds. The zero-order valence-corrected chi connectivity index (χ0v) is 27.4. The van der Waals surface area contributed by atoms with E-state index in [1.54, 1.807) is 40.8 Å². The molecule has 4 rings (SSSR count). The van der Waals surface area contributed by atoms with Crippen LogP contribution >= 0.6 is 22.9 Å². The number of anilines is 1. The first kappa shape index (κ1) is 32.6. The molecular formula is C31H39ClFN5O4S. The maximum absolute atomic E-state index is 15.3. The van der Waals surface area contributed by atoms with Crippen molar-refractivity contribution >= 4 is 34.8 Å². The molecule has 12 heteroatoms. The van der Waals surface area contributed by atoms with E-state index in [0.29, 0.717) is 22.1 Å². The molecule has 0 bridgehead atoms. The molecule has 1 aliphatic rings. The van der Waals surface area contributed by atoms with Crippen LogP contribution in [0.25, 0.3) is 21.1 Å². The van der Waals surface area contributed by atoms with Crippen LogP contribution in [0, 0.1) is 5.82 Å². The SMILES string of the molecule is C=CCN(c1ccc(-c2nnc(-c3cc(F)c(OC[C@H]4[C@@H](C)OC(C)(C)N4C(=O)OC(C)(C)C)cc3Cl)s2)cn1)C(C)C. The van der Waals surface area contributed by atoms with Gasteiger partial charge in [0.25, 0.3) is 0 Å². The number of benzene rings is 1. The summed E-state index contributed by atoms with van der Waals surface area (Å²) in [5.41, 5.74) is -0.437. The molecule has 0 unspecified atom stereocenters. The fraction of sp³-hybridized carbons (Fsp3) is 0.484. The second-order valence-corrected chi connectivity index (χ2v) is 13.5. The van der Waals surface area contributed by atoms with E-state index in [2.05, 4.69) is 40.5 Å². The number of hydrogen-bond acceptors (Lipinski definition) is 9. The average molecular weight is 632 g/mol. The van der Waals surface area contributed by atoms with Gasteiger partial charge in [-0.1, -0.05) is 29.0 Å². The highest BCUT2D eigenvalue weighted by molar-refractivity contribution is 7.18. The maximum Gasteiger partial charge on any atom is 0.413 e. The van der Waals surface area contributed by atoms with E-state index in [9.17, 15) is 4.79 Å². The second kappa shape index (κ2) is 12.8. The van der Waals surface area contributed by atoms with Gasteiger partial charge in [-0.2, -0.15) is 0 Å². The van der Waals surface area contributed by atoms with Crippen LogP contribution in [0.2, 0.25) is 5.02 Å². The van der Waals surface area contributed by atoms with E-state index in [1.807, 2.05) is 25.1 Å². The molecule has 0 N–H and O–H groups in total. The summed E-state index contributed by atoms with van der Waals surface area (Å²) in [5, 5.41) is 9.88. The molecule has 3 aromatic rings. The summed E-state index contributed by atoms with van der Waals surface area (Å²) in [6.45, 7) is 19.5. The molecule has 1 fully saturated rings. The number of amides is 1. The third kappa shape index (κ3) is 7.45. The maximum atomic E-state index is 15.3. The fourth-order valence-electron chi connectivity index (χ4n) is 4.89. The third-order valence-corrected chi connectivity index (χ3v) is 8.16. The summed E-state index contributed by atoms with van der Waals surface area (Å²) in [6, 6.07) is 6.30. The quantitative estimate of drug-likeness (QED) is 0.223. The molecule has 2 aromatic heterocycles. The molecule has 1 aromatic carbocycles. The van der Waals surface area contributed by atoms with Gasteiger partial charge in [-0.3, -0.25) is 4.90 Å². The lowest BCUT2D eigenvalue weighted by Crippen LogP contribution is -2.52. The Bertz CT molecular complexity index is 1460. The first-order valence-electron chi connectivity index (χ1n) is 14.1. The van der Waals surface area contributed by atoms with Crippen molar-refractivity contribution in [2.75, 3.05) is 18.1 Å². The zero-order chi connectivity index (χ0) is 31.7. The van der Waals surface area contributed by atoms with Gasteiger partial charge in [0.2, 0.25) is 0 Å². The number of carbonyl (C=O) groups is 1. The number of halogens is 2. The highest BCUT2D eigenvalue weighted by atomic mass is 35.5. The Morgan fingerprint density at radius 1 is 1.28 bits per heavy atom. The van der Waals surface area contributed by atoms with Gasteiger partial charge in [0.1, 0.15) is 33.8 Å². The Balaban J connectivity index is 1.50. The average Bonchev–Trinajstić information content (AvgIpc) is 3.48. The topological polar surface area (TPSA) is 89.9 Å². The Morgan fingerprint density at radius 2 is 1.98 bits per heavy atom. The zero-order valence-electron chi connectivity index (χ0n) is 25.9. The van der Waals surface area contributed by atoms with Gasteiger partial charge in [0, 0.05) is 36.0 Å². The van der Waals surface area contributed by atoms with Gasteiger partial charge < -0.3 is 19.1 Å². The first-order chi connectivity index (χ1) is 20.1. The van der Waals surface area contributed by atoms with Crippen LogP contribution in [0.3, 0.4) is 0 Å². The van der Waals surface area contributed by atoms with Crippen LogP contribution in [-0.4, -0.2) is 68.8 Å². The normalized spacial score (nSPS) is 18.2. The minimum atomic E-state index is -0.930. The van der Waals surface area contributed by atoms with Crippen LogP contribution in [0.4, 0.5) is 15.0 Å². The van der Waals surface area contributed by atoms with E-state index in [1.165, 1.54) is 28.4 Å². The van der Waals surface area contributed by atoms with Crippen molar-refractivity contribution in [2.45, 2.75) is 84.9 Å². The van der Waals surface area contributed by atoms with E-state index < -0.39 is 29.3 Å². The minimum Gasteiger partial charge on any atom is -0.488 e. The van der Waals surface area contributed by atoms with Crippen LogP contribution in [0.1, 0.15) is 55.4 Å². The molecule has 9 nitrogen and oxygen atoms in total. The molecule has 1 aliphatic heterocycles. The third-order valence-electron chi connectivity index (χ3n) is 6.84. The molecular weight excluding hydrogens is 593 g/mol. The van der Waals surface area contributed by atoms with Crippen molar-refractivity contribution in [3.8, 4) is 26.9 Å². The Kier molecular flexibility index (Phi) is 9.68. The van der Waals surface area contributed by atoms with Crippen molar-refractivity contribution in [3.05, 3.63) is 54.0 Å². The molecule has 2 atom stereocenters. The molecule has 232 valence electrons. The van der Waals surface area contributed by atoms with Gasteiger partial charge in [-0.15, -0.1) is 16.8 Å². The monoisotopic (exact) mass is 631 g/mol. The smallest absolute Gasteiger partial charge is 0.413 e. The van der Waals surface area contributed by atoms with E-state index in [-0.39, 0.29) is 29.5 Å². The van der Waals surface area contributed by atoms with Gasteiger partial charge in [0.15, 0.2) is 11.6 Å². The predicted octanol–water partition coefficient (Wildman–Crippen LogP) is 7.60. The molecule has 0 aliphatic carbocycles. The molecule has 0 spiro atoms. The summed E-state index contributed by atoms with van der Waals surface area (Å²) in [6.07, 6.45) is 2.68. The van der Waals surface area contributed by atoms with Crippen molar-refractivity contribution < 1.29 is 23.4 Å². The van der Waals surface area contributed by atoms with E-state index >= 15 is 4.39 Å². The van der Waals surface area contributed by atoms with Gasteiger partial charge in [-0.25, -0.2) is 14.2 Å². The van der Waals surface area contributed by atoms with Crippen LogP contribution in [0.15, 0.2) is 43.1 Å². The number of pyridine rings is 1. The number of rotatable bonds is 9. The van der Waals surface area contributed by atoms with Gasteiger partial charge in [0.05, 0.1) is 17.2 Å².